The van der Waals surface area contributed by atoms with E-state index in [1.807, 2.05) is 16.4 Å². The van der Waals surface area contributed by atoms with E-state index < -0.39 is 0 Å². The van der Waals surface area contributed by atoms with Crippen LogP contribution in [-0.4, -0.2) is 28.9 Å². The molecule has 0 radical (unpaired) electrons. The molecule has 0 N–H and O–H groups in total. The van der Waals surface area contributed by atoms with Gasteiger partial charge >= 0.3 is 0 Å². The van der Waals surface area contributed by atoms with Crippen molar-refractivity contribution < 1.29 is 13.9 Å². The topological polar surface area (TPSA) is 42.4 Å². The lowest BCUT2D eigenvalue weighted by Gasteiger charge is -2.15. The molecule has 6 heteroatoms. The highest BCUT2D eigenvalue weighted by atomic mass is 32.1. The number of hydrogen-bond donors (Lipinski definition) is 0. The number of ether oxygens (including phenoxy) is 1. The summed E-state index contributed by atoms with van der Waals surface area (Å²) in [6, 6.07) is 5.94. The van der Waals surface area contributed by atoms with E-state index in [9.17, 15) is 9.18 Å². The van der Waals surface area contributed by atoms with Gasteiger partial charge in [0.1, 0.15) is 23.2 Å². The summed E-state index contributed by atoms with van der Waals surface area (Å²) in [6.07, 6.45) is 6.89. The molecule has 4 nitrogen and oxygen atoms in total. The predicted octanol–water partition coefficient (Wildman–Crippen LogP) is 4.20. The summed E-state index contributed by atoms with van der Waals surface area (Å²) >= 11 is 1.52. The van der Waals surface area contributed by atoms with Gasteiger partial charge in [0.25, 0.3) is 0 Å². The molecule has 2 aliphatic rings. The molecule has 0 spiro atoms. The van der Waals surface area contributed by atoms with Crippen molar-refractivity contribution >= 4 is 22.8 Å². The summed E-state index contributed by atoms with van der Waals surface area (Å²) in [5.41, 5.74) is 2.72. The number of aromatic nitrogens is 1. The SMILES string of the molecule is O=C(C1=CC(c2csc(COc3ccc(F)cc3)n2)=CC1)N1CCCC1. The van der Waals surface area contributed by atoms with Crippen LogP contribution < -0.4 is 4.74 Å². The lowest BCUT2D eigenvalue weighted by molar-refractivity contribution is -0.126. The van der Waals surface area contributed by atoms with E-state index in [4.69, 9.17) is 4.74 Å². The average molecular weight is 370 g/mol. The largest absolute Gasteiger partial charge is 0.486 e. The normalized spacial score (nSPS) is 16.6. The maximum Gasteiger partial charge on any atom is 0.250 e. The molecule has 1 aromatic carbocycles. The molecule has 26 heavy (non-hydrogen) atoms. The van der Waals surface area contributed by atoms with E-state index >= 15 is 0 Å². The van der Waals surface area contributed by atoms with Gasteiger partial charge in [-0.3, -0.25) is 4.79 Å². The van der Waals surface area contributed by atoms with E-state index in [1.54, 1.807) is 12.1 Å². The molecule has 1 amide bonds. The molecule has 1 aliphatic heterocycles. The van der Waals surface area contributed by atoms with E-state index in [0.717, 1.165) is 47.8 Å². The number of amides is 1. The minimum atomic E-state index is -0.284. The summed E-state index contributed by atoms with van der Waals surface area (Å²) in [5, 5.41) is 2.83. The zero-order valence-electron chi connectivity index (χ0n) is 14.3. The van der Waals surface area contributed by atoms with Gasteiger partial charge < -0.3 is 9.64 Å². The minimum Gasteiger partial charge on any atom is -0.486 e. The van der Waals surface area contributed by atoms with Crippen LogP contribution in [0.1, 0.15) is 30.0 Å². The number of rotatable bonds is 5. The zero-order chi connectivity index (χ0) is 17.9. The molecule has 134 valence electrons. The molecule has 2 heterocycles. The van der Waals surface area contributed by atoms with Crippen LogP contribution >= 0.6 is 11.3 Å². The van der Waals surface area contributed by atoms with Crippen molar-refractivity contribution in [1.82, 2.24) is 9.88 Å². The second-order valence-corrected chi connectivity index (χ2v) is 7.34. The van der Waals surface area contributed by atoms with Crippen LogP contribution in [0.2, 0.25) is 0 Å². The van der Waals surface area contributed by atoms with Crippen LogP contribution in [0.5, 0.6) is 5.75 Å². The summed E-state index contributed by atoms with van der Waals surface area (Å²) < 4.78 is 18.5. The summed E-state index contributed by atoms with van der Waals surface area (Å²) in [5.74, 6) is 0.485. The minimum absolute atomic E-state index is 0.156. The van der Waals surface area contributed by atoms with Crippen molar-refractivity contribution in [2.75, 3.05) is 13.1 Å². The van der Waals surface area contributed by atoms with Crippen LogP contribution in [0.15, 0.2) is 47.4 Å². The van der Waals surface area contributed by atoms with Gasteiger partial charge in [0.05, 0.1) is 5.69 Å². The lowest BCUT2D eigenvalue weighted by atomic mass is 10.2. The third-order valence-corrected chi connectivity index (χ3v) is 5.39. The van der Waals surface area contributed by atoms with Gasteiger partial charge in [0.2, 0.25) is 5.91 Å². The first-order chi connectivity index (χ1) is 12.7. The highest BCUT2D eigenvalue weighted by molar-refractivity contribution is 7.09. The number of likely N-dealkylation sites (tertiary alicyclic amines) is 1. The Kier molecular flexibility index (Phi) is 4.84. The number of benzene rings is 1. The second kappa shape index (κ2) is 7.41. The van der Waals surface area contributed by atoms with Crippen LogP contribution in [0.3, 0.4) is 0 Å². The summed E-state index contributed by atoms with van der Waals surface area (Å²) in [6.45, 7) is 2.08. The quantitative estimate of drug-likeness (QED) is 0.792. The van der Waals surface area contributed by atoms with Crippen molar-refractivity contribution in [1.29, 1.82) is 0 Å². The number of nitrogens with zero attached hydrogens (tertiary/aromatic N) is 2. The van der Waals surface area contributed by atoms with Crippen LogP contribution in [0.25, 0.3) is 5.57 Å². The maximum atomic E-state index is 12.9. The Morgan fingerprint density at radius 2 is 2.00 bits per heavy atom. The first-order valence-electron chi connectivity index (χ1n) is 8.72. The molecule has 2 aromatic rings. The molecule has 1 saturated heterocycles. The highest BCUT2D eigenvalue weighted by Crippen LogP contribution is 2.29. The smallest absolute Gasteiger partial charge is 0.250 e. The summed E-state index contributed by atoms with van der Waals surface area (Å²) in [7, 11) is 0. The van der Waals surface area contributed by atoms with Crippen molar-refractivity contribution in [2.45, 2.75) is 25.9 Å². The molecule has 1 aromatic heterocycles. The monoisotopic (exact) mass is 370 g/mol. The summed E-state index contributed by atoms with van der Waals surface area (Å²) in [4.78, 5) is 19.0. The second-order valence-electron chi connectivity index (χ2n) is 6.40. The van der Waals surface area contributed by atoms with Crippen LogP contribution in [0.4, 0.5) is 4.39 Å². The number of hydrogen-bond acceptors (Lipinski definition) is 4. The third kappa shape index (κ3) is 3.70. The van der Waals surface area contributed by atoms with Gasteiger partial charge in [0.15, 0.2) is 0 Å². The Hall–Kier alpha value is -2.47. The molecule has 1 aliphatic carbocycles. The lowest BCUT2D eigenvalue weighted by Crippen LogP contribution is -2.28. The van der Waals surface area contributed by atoms with Gasteiger partial charge in [-0.05, 0) is 55.2 Å². The number of allylic oxidation sites excluding steroid dienone is 3. The Morgan fingerprint density at radius 3 is 2.77 bits per heavy atom. The first-order valence-corrected chi connectivity index (χ1v) is 9.60. The average Bonchev–Trinajstić information content (AvgIpc) is 3.41. The Bertz CT molecular complexity index is 864. The molecule has 0 saturated carbocycles. The number of halogens is 1. The van der Waals surface area contributed by atoms with E-state index in [2.05, 4.69) is 11.1 Å². The zero-order valence-corrected chi connectivity index (χ0v) is 15.1. The molecular formula is C20H19FN2O2S. The maximum absolute atomic E-state index is 12.9. The molecule has 0 atom stereocenters. The van der Waals surface area contributed by atoms with Crippen molar-refractivity contribution in [2.24, 2.45) is 0 Å². The van der Waals surface area contributed by atoms with E-state index in [1.165, 1.54) is 23.5 Å². The number of carbonyl (C=O) groups is 1. The molecular weight excluding hydrogens is 351 g/mol. The predicted molar refractivity (Wildman–Crippen MR) is 99.3 cm³/mol. The molecule has 1 fully saturated rings. The Labute approximate surface area is 155 Å². The number of carbonyl (C=O) groups excluding carboxylic acids is 1. The molecule has 0 bridgehead atoms. The van der Waals surface area contributed by atoms with Gasteiger partial charge in [0, 0.05) is 24.0 Å². The molecule has 0 unspecified atom stereocenters. The van der Waals surface area contributed by atoms with Crippen LogP contribution in [0, 0.1) is 5.82 Å². The van der Waals surface area contributed by atoms with Gasteiger partial charge in [-0.2, -0.15) is 0 Å². The van der Waals surface area contributed by atoms with Gasteiger partial charge in [-0.15, -0.1) is 11.3 Å². The van der Waals surface area contributed by atoms with E-state index in [0.29, 0.717) is 18.8 Å². The number of thiazole rings is 1. The first kappa shape index (κ1) is 17.0. The van der Waals surface area contributed by atoms with E-state index in [-0.39, 0.29) is 11.7 Å². The Balaban J connectivity index is 1.38. The van der Waals surface area contributed by atoms with Crippen molar-refractivity contribution in [3.8, 4) is 5.75 Å². The standard InChI is InChI=1S/C20H19FN2O2S/c21-16-5-7-17(8-6-16)25-12-19-22-18(13-26-19)14-3-4-15(11-14)20(24)23-9-1-2-10-23/h3,5-8,11,13H,1-2,4,9-10,12H2. The van der Waals surface area contributed by atoms with Crippen molar-refractivity contribution in [3.05, 3.63) is 63.9 Å². The fourth-order valence-electron chi connectivity index (χ4n) is 3.16. The highest BCUT2D eigenvalue weighted by Gasteiger charge is 2.23. The fraction of sp³-hybridized carbons (Fsp3) is 0.300. The van der Waals surface area contributed by atoms with Crippen LogP contribution in [-0.2, 0) is 11.4 Å². The fourth-order valence-corrected chi connectivity index (χ4v) is 3.88. The molecule has 4 rings (SSSR count). The Morgan fingerprint density at radius 1 is 1.23 bits per heavy atom. The van der Waals surface area contributed by atoms with Crippen molar-refractivity contribution in [3.63, 3.8) is 0 Å². The van der Waals surface area contributed by atoms with Gasteiger partial charge in [-0.1, -0.05) is 6.08 Å². The third-order valence-electron chi connectivity index (χ3n) is 4.56. The van der Waals surface area contributed by atoms with Gasteiger partial charge in [-0.25, -0.2) is 9.37 Å².